The summed E-state index contributed by atoms with van der Waals surface area (Å²) in [6.07, 6.45) is 25.0. The van der Waals surface area contributed by atoms with Crippen molar-refractivity contribution in [2.75, 3.05) is 53.2 Å². The Bertz CT molecular complexity index is 3450. The molecule has 0 atom stereocenters. The Hall–Kier alpha value is -9.81. The molecule has 10 heterocycles. The molecule has 11 rings (SSSR count). The number of nitrogens with one attached hydrogen (secondary N) is 9. The van der Waals surface area contributed by atoms with Gasteiger partial charge in [-0.1, -0.05) is 79.1 Å². The molecule has 10 aromatic heterocycles. The lowest BCUT2D eigenvalue weighted by Gasteiger charge is -2.05. The van der Waals surface area contributed by atoms with E-state index in [0.717, 1.165) is 90.8 Å². The summed E-state index contributed by atoms with van der Waals surface area (Å²) in [5.74, 6) is 3.61. The summed E-state index contributed by atoms with van der Waals surface area (Å²) >= 11 is 0. The third-order valence-corrected chi connectivity index (χ3v) is 11.0. The van der Waals surface area contributed by atoms with Crippen molar-refractivity contribution in [3.63, 3.8) is 0 Å². The van der Waals surface area contributed by atoms with E-state index in [1.54, 1.807) is 25.3 Å². The highest BCUT2D eigenvalue weighted by molar-refractivity contribution is 5.84. The Morgan fingerprint density at radius 3 is 1.15 bits per heavy atom. The van der Waals surface area contributed by atoms with Crippen LogP contribution in [0.15, 0.2) is 129 Å². The lowest BCUT2D eigenvalue weighted by molar-refractivity contribution is 1.00. The van der Waals surface area contributed by atoms with E-state index >= 15 is 0 Å². The van der Waals surface area contributed by atoms with Crippen LogP contribution in [0.2, 0.25) is 0 Å². The minimum Gasteiger partial charge on any atom is -0.382 e. The second kappa shape index (κ2) is 27.7. The van der Waals surface area contributed by atoms with Crippen molar-refractivity contribution in [2.45, 2.75) is 60.8 Å². The van der Waals surface area contributed by atoms with Crippen molar-refractivity contribution in [3.05, 3.63) is 134 Å². The van der Waals surface area contributed by atoms with Crippen LogP contribution in [0, 0.1) is 0 Å². The van der Waals surface area contributed by atoms with Crippen LogP contribution in [0.25, 0.3) is 55.8 Å². The molecule has 0 amide bonds. The van der Waals surface area contributed by atoms with Gasteiger partial charge in [0.25, 0.3) is 0 Å². The zero-order valence-electron chi connectivity index (χ0n) is 42.6. The van der Waals surface area contributed by atoms with Gasteiger partial charge in [-0.15, -0.1) is 0 Å². The summed E-state index contributed by atoms with van der Waals surface area (Å²) in [5, 5.41) is 13.0. The normalized spacial score (nSPS) is 11.1. The standard InChI is InChI=1S/C13H13N5.2C11H15N5.C10H13N5.C5H5N5/c1-2-4-10(5-3-1)6-7-14-12-11-13(16-8-15-11)18-9-17-12;2*1-3-8(2)4-5-12-10-9-11(14-6-13-9)16-7-15-10;1-7(2)3-4-11-9-8-10(13-5-12-8)15-6-14-9;6-4-3-5(9-1-7-3)10-2-8-4/h1-5,8-9H,6-7H2,(H2,14,15,16,17,18);2*4,6-7H,3,5H2,1-2H3,(H2,12,13,14,15,16);3,5-6H,4H2,1-2H3,(H2,11,12,13,14,15);1-2H,(H3,6,7,8,9,10)/b;8-4+;8-4-;;. The molecule has 0 spiro atoms. The monoisotopic (exact) mass is 1010 g/mol. The Morgan fingerprint density at radius 1 is 0.427 bits per heavy atom. The van der Waals surface area contributed by atoms with Crippen LogP contribution in [-0.4, -0.2) is 126 Å². The van der Waals surface area contributed by atoms with E-state index in [4.69, 9.17) is 5.73 Å². The van der Waals surface area contributed by atoms with E-state index < -0.39 is 0 Å². The van der Waals surface area contributed by atoms with Gasteiger partial charge in [-0.25, -0.2) is 74.8 Å². The average Bonchev–Trinajstić information content (AvgIpc) is 4.31. The van der Waals surface area contributed by atoms with E-state index in [0.29, 0.717) is 39.6 Å². The number of nitrogens with zero attached hydrogens (tertiary/aromatic N) is 15. The summed E-state index contributed by atoms with van der Waals surface area (Å²) in [5.41, 5.74) is 18.2. The lowest BCUT2D eigenvalue weighted by Crippen LogP contribution is -2.07. The predicted molar refractivity (Wildman–Crippen MR) is 294 cm³/mol. The van der Waals surface area contributed by atoms with E-state index in [1.807, 2.05) is 18.2 Å². The molecule has 0 aliphatic heterocycles. The zero-order chi connectivity index (χ0) is 52.6. The van der Waals surface area contributed by atoms with Gasteiger partial charge < -0.3 is 51.9 Å². The number of rotatable bonds is 15. The lowest BCUT2D eigenvalue weighted by atomic mass is 10.1. The minimum atomic E-state index is 0.433. The number of hydrogen-bond donors (Lipinski definition) is 10. The number of aromatic amines is 5. The Kier molecular flexibility index (Phi) is 19.6. The van der Waals surface area contributed by atoms with Crippen molar-refractivity contribution in [1.82, 2.24) is 99.7 Å². The minimum absolute atomic E-state index is 0.433. The van der Waals surface area contributed by atoms with Crippen molar-refractivity contribution in [1.29, 1.82) is 0 Å². The number of allylic oxidation sites excluding steroid dienone is 3. The van der Waals surface area contributed by atoms with Gasteiger partial charge in [0.15, 0.2) is 57.3 Å². The summed E-state index contributed by atoms with van der Waals surface area (Å²) in [4.78, 5) is 75.7. The highest BCUT2D eigenvalue weighted by Gasteiger charge is 2.07. The largest absolute Gasteiger partial charge is 0.382 e. The first-order valence-corrected chi connectivity index (χ1v) is 24.1. The fraction of sp³-hybridized carbons (Fsp3) is 0.260. The van der Waals surface area contributed by atoms with Crippen LogP contribution < -0.4 is 27.0 Å². The molecule has 0 unspecified atom stereocenters. The van der Waals surface area contributed by atoms with Gasteiger partial charge in [-0.05, 0) is 52.5 Å². The first kappa shape index (κ1) is 53.0. The molecule has 0 bridgehead atoms. The van der Waals surface area contributed by atoms with E-state index in [-0.39, 0.29) is 0 Å². The van der Waals surface area contributed by atoms with Gasteiger partial charge in [0.2, 0.25) is 0 Å². The second-order valence-electron chi connectivity index (χ2n) is 16.5. The van der Waals surface area contributed by atoms with Crippen LogP contribution in [0.4, 0.5) is 29.1 Å². The molecular weight excluding hydrogens is 951 g/mol. The maximum Gasteiger partial charge on any atom is 0.182 e. The molecule has 0 aliphatic rings. The summed E-state index contributed by atoms with van der Waals surface area (Å²) in [6.45, 7) is 15.8. The number of benzene rings is 1. The number of anilines is 5. The molecule has 0 saturated carbocycles. The first-order chi connectivity index (χ1) is 36.7. The molecule has 25 nitrogen and oxygen atoms in total. The van der Waals surface area contributed by atoms with Gasteiger partial charge in [0.1, 0.15) is 59.2 Å². The Balaban J connectivity index is 0.000000138. The van der Waals surface area contributed by atoms with E-state index in [2.05, 4.69) is 193 Å². The smallest absolute Gasteiger partial charge is 0.182 e. The van der Waals surface area contributed by atoms with Crippen molar-refractivity contribution < 1.29 is 0 Å². The van der Waals surface area contributed by atoms with E-state index in [1.165, 1.54) is 60.2 Å². The van der Waals surface area contributed by atoms with Crippen LogP contribution >= 0.6 is 0 Å². The molecule has 0 aliphatic carbocycles. The number of nitrogens with two attached hydrogens (primary N) is 1. The van der Waals surface area contributed by atoms with Crippen molar-refractivity contribution >= 4 is 84.9 Å². The molecule has 75 heavy (non-hydrogen) atoms. The van der Waals surface area contributed by atoms with Crippen LogP contribution in [-0.2, 0) is 6.42 Å². The zero-order valence-corrected chi connectivity index (χ0v) is 42.6. The topological polar surface area (TPSA) is 346 Å². The third kappa shape index (κ3) is 15.6. The van der Waals surface area contributed by atoms with E-state index in [9.17, 15) is 0 Å². The molecule has 1 aromatic carbocycles. The van der Waals surface area contributed by atoms with Crippen LogP contribution in [0.3, 0.4) is 0 Å². The maximum atomic E-state index is 5.48. The van der Waals surface area contributed by atoms with Crippen molar-refractivity contribution in [3.8, 4) is 0 Å². The third-order valence-electron chi connectivity index (χ3n) is 11.0. The molecule has 0 saturated heterocycles. The SMILES string of the molecule is CC(C)=CCNc1ncnc2nc[nH]c12.CC/C(C)=C/CNc1ncnc2nc[nH]c12.CC/C(C)=C\CNc1ncnc2nc[nH]c12.Nc1ncnc2nc[nH]c12.c1ccc(CCNc2ncnc3nc[nH]c23)cc1. The molecule has 25 heteroatoms. The molecule has 386 valence electrons. The second-order valence-corrected chi connectivity index (χ2v) is 16.5. The summed E-state index contributed by atoms with van der Waals surface area (Å²) in [7, 11) is 0. The van der Waals surface area contributed by atoms with Crippen LogP contribution in [0.1, 0.15) is 59.9 Å². The van der Waals surface area contributed by atoms with Gasteiger partial charge >= 0.3 is 0 Å². The number of H-pyrrole nitrogens is 5. The highest BCUT2D eigenvalue weighted by Crippen LogP contribution is 2.17. The Labute approximate surface area is 431 Å². The highest BCUT2D eigenvalue weighted by atomic mass is 15.1. The van der Waals surface area contributed by atoms with Crippen LogP contribution in [0.5, 0.6) is 0 Å². The fourth-order valence-corrected chi connectivity index (χ4v) is 6.63. The number of hydrogen-bond acceptors (Lipinski definition) is 20. The number of imidazole rings is 5. The molecule has 11 aromatic rings. The van der Waals surface area contributed by atoms with Gasteiger partial charge in [-0.2, -0.15) is 0 Å². The Morgan fingerprint density at radius 2 is 0.773 bits per heavy atom. The molecule has 0 radical (unpaired) electrons. The number of nitrogen functional groups attached to an aromatic ring is 1. The van der Waals surface area contributed by atoms with Gasteiger partial charge in [0, 0.05) is 26.2 Å². The molecule has 11 N–H and O–H groups in total. The predicted octanol–water partition coefficient (Wildman–Crippen LogP) is 7.92. The number of fused-ring (bicyclic) bond motifs is 5. The summed E-state index contributed by atoms with van der Waals surface area (Å²) < 4.78 is 0. The number of aromatic nitrogens is 20. The molecular formula is C50H61N25. The van der Waals surface area contributed by atoms with Gasteiger partial charge in [0.05, 0.1) is 31.6 Å². The molecule has 0 fully saturated rings. The maximum absolute atomic E-state index is 5.48. The van der Waals surface area contributed by atoms with Gasteiger partial charge in [-0.3, -0.25) is 0 Å². The fourth-order valence-electron chi connectivity index (χ4n) is 6.63. The quantitative estimate of drug-likeness (QED) is 0.0436. The summed E-state index contributed by atoms with van der Waals surface area (Å²) in [6, 6.07) is 10.4. The van der Waals surface area contributed by atoms with Crippen molar-refractivity contribution in [2.24, 2.45) is 0 Å². The first-order valence-electron chi connectivity index (χ1n) is 24.1. The average molecular weight is 1010 g/mol.